The summed E-state index contributed by atoms with van der Waals surface area (Å²) in [4.78, 5) is 27.1. The molecule has 1 unspecified atom stereocenters. The van der Waals surface area contributed by atoms with Crippen molar-refractivity contribution in [3.63, 3.8) is 0 Å². The predicted octanol–water partition coefficient (Wildman–Crippen LogP) is 2.73. The Balaban J connectivity index is 1.95. The second-order valence-electron chi connectivity index (χ2n) is 6.63. The van der Waals surface area contributed by atoms with E-state index in [2.05, 4.69) is 6.92 Å². The first-order chi connectivity index (χ1) is 10.9. The van der Waals surface area contributed by atoms with Crippen LogP contribution in [0.1, 0.15) is 59.9 Å². The summed E-state index contributed by atoms with van der Waals surface area (Å²) in [5.41, 5.74) is 0.957. The summed E-state index contributed by atoms with van der Waals surface area (Å²) in [5, 5.41) is 0. The molecule has 0 aliphatic carbocycles. The van der Waals surface area contributed by atoms with Crippen LogP contribution in [0.5, 0.6) is 0 Å². The largest absolute Gasteiger partial charge is 0.451 e. The molecule has 3 rings (SSSR count). The molecule has 1 saturated heterocycles. The van der Waals surface area contributed by atoms with E-state index < -0.39 is 11.6 Å². The number of esters is 1. The second-order valence-corrected chi connectivity index (χ2v) is 6.63. The number of carbonyl (C=O) groups is 2. The van der Waals surface area contributed by atoms with Crippen LogP contribution < -0.4 is 0 Å². The lowest BCUT2D eigenvalue weighted by molar-refractivity contribution is 0.00942. The van der Waals surface area contributed by atoms with Crippen molar-refractivity contribution in [2.24, 2.45) is 0 Å². The number of hydrogen-bond acceptors (Lipinski definition) is 4. The molecule has 0 N–H and O–H groups in total. The van der Waals surface area contributed by atoms with Gasteiger partial charge in [0, 0.05) is 25.3 Å². The summed E-state index contributed by atoms with van der Waals surface area (Å²) in [6, 6.07) is 5.40. The first-order valence-electron chi connectivity index (χ1n) is 8.21. The van der Waals surface area contributed by atoms with Crippen molar-refractivity contribution >= 4 is 11.9 Å². The van der Waals surface area contributed by atoms with Crippen molar-refractivity contribution in [3.8, 4) is 0 Å². The van der Waals surface area contributed by atoms with Crippen LogP contribution in [0, 0.1) is 0 Å². The normalized spacial score (nSPS) is 23.2. The van der Waals surface area contributed by atoms with Crippen molar-refractivity contribution in [2.45, 2.75) is 45.3 Å². The van der Waals surface area contributed by atoms with Gasteiger partial charge in [-0.1, -0.05) is 19.1 Å². The molecule has 0 bridgehead atoms. The molecule has 0 saturated carbocycles. The molecule has 2 aliphatic heterocycles. The molecule has 0 radical (unpaired) electrons. The van der Waals surface area contributed by atoms with Crippen LogP contribution in [0.2, 0.25) is 0 Å². The molecule has 5 heteroatoms. The molecule has 1 fully saturated rings. The molecular formula is C18H23NO4. The molecule has 1 amide bonds. The fourth-order valence-electron chi connectivity index (χ4n) is 3.29. The highest BCUT2D eigenvalue weighted by Gasteiger charge is 2.41. The summed E-state index contributed by atoms with van der Waals surface area (Å²) >= 11 is 0. The quantitative estimate of drug-likeness (QED) is 0.787. The Labute approximate surface area is 136 Å². The van der Waals surface area contributed by atoms with Gasteiger partial charge in [-0.15, -0.1) is 0 Å². The Kier molecular flexibility index (Phi) is 4.15. The van der Waals surface area contributed by atoms with E-state index in [1.807, 2.05) is 26.0 Å². The third-order valence-electron chi connectivity index (χ3n) is 4.59. The van der Waals surface area contributed by atoms with E-state index in [0.717, 1.165) is 18.4 Å². The van der Waals surface area contributed by atoms with Gasteiger partial charge in [0.25, 0.3) is 5.91 Å². The summed E-state index contributed by atoms with van der Waals surface area (Å²) in [6.45, 7) is 7.63. The standard InChI is InChI=1S/C18H23NO4/c1-4-12-11-19(9-6-10-22-12)16(20)13-7-5-8-14-15(13)17(21)23-18(14,2)3/h5,7-8,12H,4,6,9-11H2,1-3H3. The van der Waals surface area contributed by atoms with Crippen molar-refractivity contribution in [2.75, 3.05) is 19.7 Å². The third kappa shape index (κ3) is 2.85. The molecule has 1 atom stereocenters. The van der Waals surface area contributed by atoms with Gasteiger partial charge in [0.2, 0.25) is 0 Å². The highest BCUT2D eigenvalue weighted by molar-refractivity contribution is 6.08. The van der Waals surface area contributed by atoms with Gasteiger partial charge < -0.3 is 14.4 Å². The average molecular weight is 317 g/mol. The van der Waals surface area contributed by atoms with Crippen LogP contribution in [0.15, 0.2) is 18.2 Å². The molecule has 0 spiro atoms. The zero-order chi connectivity index (χ0) is 16.6. The van der Waals surface area contributed by atoms with Crippen molar-refractivity contribution in [1.82, 2.24) is 4.90 Å². The Morgan fingerprint density at radius 1 is 1.39 bits per heavy atom. The molecule has 2 aliphatic rings. The number of fused-ring (bicyclic) bond motifs is 1. The smallest absolute Gasteiger partial charge is 0.340 e. The minimum Gasteiger partial charge on any atom is -0.451 e. The van der Waals surface area contributed by atoms with Gasteiger partial charge in [0.15, 0.2) is 0 Å². The van der Waals surface area contributed by atoms with Crippen LogP contribution in [0.4, 0.5) is 0 Å². The SMILES string of the molecule is CCC1CN(C(=O)c2cccc3c2C(=O)OC3(C)C)CCCO1. The Hall–Kier alpha value is -1.88. The Morgan fingerprint density at radius 2 is 2.17 bits per heavy atom. The topological polar surface area (TPSA) is 55.8 Å². The highest BCUT2D eigenvalue weighted by atomic mass is 16.6. The minimum absolute atomic E-state index is 0.0570. The van der Waals surface area contributed by atoms with Gasteiger partial charge in [-0.25, -0.2) is 4.79 Å². The monoisotopic (exact) mass is 317 g/mol. The fraction of sp³-hybridized carbons (Fsp3) is 0.556. The average Bonchev–Trinajstić information content (AvgIpc) is 2.71. The van der Waals surface area contributed by atoms with Crippen molar-refractivity contribution < 1.29 is 19.1 Å². The number of amides is 1. The molecule has 5 nitrogen and oxygen atoms in total. The van der Waals surface area contributed by atoms with E-state index in [1.165, 1.54) is 0 Å². The van der Waals surface area contributed by atoms with Crippen LogP contribution in [-0.2, 0) is 15.1 Å². The van der Waals surface area contributed by atoms with Gasteiger partial charge in [-0.2, -0.15) is 0 Å². The minimum atomic E-state index is -0.684. The van der Waals surface area contributed by atoms with E-state index >= 15 is 0 Å². The van der Waals surface area contributed by atoms with Crippen LogP contribution in [0.25, 0.3) is 0 Å². The van der Waals surface area contributed by atoms with E-state index in [4.69, 9.17) is 9.47 Å². The molecule has 1 aromatic rings. The maximum atomic E-state index is 13.0. The molecule has 1 aromatic carbocycles. The first-order valence-corrected chi connectivity index (χ1v) is 8.21. The summed E-state index contributed by atoms with van der Waals surface area (Å²) in [5.74, 6) is -0.521. The van der Waals surface area contributed by atoms with Gasteiger partial charge in [0.05, 0.1) is 17.2 Å². The summed E-state index contributed by atoms with van der Waals surface area (Å²) in [7, 11) is 0. The number of rotatable bonds is 2. The van der Waals surface area contributed by atoms with Crippen LogP contribution in [-0.4, -0.2) is 42.6 Å². The first kappa shape index (κ1) is 16.0. The lowest BCUT2D eigenvalue weighted by Crippen LogP contribution is -2.37. The fourth-order valence-corrected chi connectivity index (χ4v) is 3.29. The molecule has 23 heavy (non-hydrogen) atoms. The van der Waals surface area contributed by atoms with Gasteiger partial charge in [0.1, 0.15) is 5.60 Å². The number of nitrogens with zero attached hydrogens (tertiary/aromatic N) is 1. The zero-order valence-corrected chi connectivity index (χ0v) is 13.9. The van der Waals surface area contributed by atoms with E-state index in [0.29, 0.717) is 30.8 Å². The number of carbonyl (C=O) groups excluding carboxylic acids is 2. The van der Waals surface area contributed by atoms with Gasteiger partial charge in [-0.05, 0) is 32.8 Å². The lowest BCUT2D eigenvalue weighted by atomic mass is 9.92. The van der Waals surface area contributed by atoms with Gasteiger partial charge >= 0.3 is 5.97 Å². The molecule has 2 heterocycles. The lowest BCUT2D eigenvalue weighted by Gasteiger charge is -2.24. The molecule has 124 valence electrons. The van der Waals surface area contributed by atoms with Crippen molar-refractivity contribution in [1.29, 1.82) is 0 Å². The summed E-state index contributed by atoms with van der Waals surface area (Å²) in [6.07, 6.45) is 1.74. The van der Waals surface area contributed by atoms with Crippen LogP contribution >= 0.6 is 0 Å². The third-order valence-corrected chi connectivity index (χ3v) is 4.59. The predicted molar refractivity (Wildman–Crippen MR) is 85.4 cm³/mol. The maximum absolute atomic E-state index is 13.0. The van der Waals surface area contributed by atoms with Gasteiger partial charge in [-0.3, -0.25) is 4.79 Å². The van der Waals surface area contributed by atoms with E-state index in [-0.39, 0.29) is 12.0 Å². The zero-order valence-electron chi connectivity index (χ0n) is 13.9. The number of hydrogen-bond donors (Lipinski definition) is 0. The van der Waals surface area contributed by atoms with E-state index in [1.54, 1.807) is 11.0 Å². The number of ether oxygens (including phenoxy) is 2. The second kappa shape index (κ2) is 5.96. The molecule has 0 aromatic heterocycles. The number of benzene rings is 1. The van der Waals surface area contributed by atoms with E-state index in [9.17, 15) is 9.59 Å². The van der Waals surface area contributed by atoms with Crippen LogP contribution in [0.3, 0.4) is 0 Å². The van der Waals surface area contributed by atoms with Crippen molar-refractivity contribution in [3.05, 3.63) is 34.9 Å². The molecular weight excluding hydrogens is 294 g/mol. The highest BCUT2D eigenvalue weighted by Crippen LogP contribution is 2.37. The number of cyclic esters (lactones) is 1. The Bertz CT molecular complexity index is 638. The Morgan fingerprint density at radius 3 is 2.91 bits per heavy atom. The maximum Gasteiger partial charge on any atom is 0.340 e. The summed E-state index contributed by atoms with van der Waals surface area (Å²) < 4.78 is 11.2.